The fourth-order valence-corrected chi connectivity index (χ4v) is 3.58. The van der Waals surface area contributed by atoms with Gasteiger partial charge < -0.3 is 9.64 Å². The Labute approximate surface area is 138 Å². The molecule has 0 N–H and O–H groups in total. The highest BCUT2D eigenvalue weighted by atomic mass is 32.2. The third-order valence-electron chi connectivity index (χ3n) is 4.09. The molecule has 1 aromatic carbocycles. The molecule has 2 rings (SSSR count). The van der Waals surface area contributed by atoms with E-state index >= 15 is 0 Å². The molecule has 0 unspecified atom stereocenters. The smallest absolute Gasteiger partial charge is 0.255 e. The second kappa shape index (κ2) is 6.98. The van der Waals surface area contributed by atoms with Crippen LogP contribution in [0.5, 0.6) is 0 Å². The number of sulfonamides is 1. The predicted molar refractivity (Wildman–Crippen MR) is 88.6 cm³/mol. The summed E-state index contributed by atoms with van der Waals surface area (Å²) in [5, 5.41) is 0. The number of amides is 1. The summed E-state index contributed by atoms with van der Waals surface area (Å²) in [5.41, 5.74) is 0.0203. The normalized spacial score (nSPS) is 22.7. The summed E-state index contributed by atoms with van der Waals surface area (Å²) in [4.78, 5) is 14.3. The number of likely N-dealkylation sites (N-methyl/N-ethyl adjacent to an activating group) is 1. The summed E-state index contributed by atoms with van der Waals surface area (Å²) in [6.07, 6.45) is 1.90. The molecule has 1 saturated heterocycles. The molecule has 0 radical (unpaired) electrons. The number of nitrogens with zero attached hydrogens (tertiary/aromatic N) is 2. The van der Waals surface area contributed by atoms with Gasteiger partial charge in [-0.05, 0) is 18.9 Å². The molecule has 0 bridgehead atoms. The zero-order valence-corrected chi connectivity index (χ0v) is 14.7. The van der Waals surface area contributed by atoms with Gasteiger partial charge in [0.15, 0.2) is 5.60 Å². The van der Waals surface area contributed by atoms with Crippen molar-refractivity contribution in [1.82, 2.24) is 9.21 Å². The third-order valence-corrected chi connectivity index (χ3v) is 5.34. The van der Waals surface area contributed by atoms with Gasteiger partial charge in [-0.15, -0.1) is 0 Å². The van der Waals surface area contributed by atoms with Crippen LogP contribution in [-0.4, -0.2) is 68.7 Å². The van der Waals surface area contributed by atoms with Crippen molar-refractivity contribution in [2.24, 2.45) is 0 Å². The van der Waals surface area contributed by atoms with Gasteiger partial charge >= 0.3 is 0 Å². The molecule has 0 aromatic heterocycles. The van der Waals surface area contributed by atoms with Crippen molar-refractivity contribution in [1.29, 1.82) is 0 Å². The molecule has 0 aliphatic carbocycles. The topological polar surface area (TPSA) is 66.9 Å². The van der Waals surface area contributed by atoms with Gasteiger partial charge in [-0.25, -0.2) is 8.42 Å². The fraction of sp³-hybridized carbons (Fsp3) is 0.562. The predicted octanol–water partition coefficient (Wildman–Crippen LogP) is 0.738. The van der Waals surface area contributed by atoms with E-state index in [4.69, 9.17) is 4.74 Å². The molecule has 128 valence electrons. The maximum absolute atomic E-state index is 12.7. The average molecular weight is 340 g/mol. The molecule has 1 heterocycles. The first kappa shape index (κ1) is 17.9. The van der Waals surface area contributed by atoms with Crippen LogP contribution in [-0.2, 0) is 26.0 Å². The van der Waals surface area contributed by atoms with E-state index in [2.05, 4.69) is 0 Å². The SMILES string of the molecule is CN(CCc1ccccc1)C(=O)[C@@]1(C)CN(S(C)(=O)=O)CCO1. The summed E-state index contributed by atoms with van der Waals surface area (Å²) >= 11 is 0. The van der Waals surface area contributed by atoms with Gasteiger partial charge in [0.2, 0.25) is 10.0 Å². The second-order valence-corrected chi connectivity index (χ2v) is 8.12. The fourth-order valence-electron chi connectivity index (χ4n) is 2.69. The van der Waals surface area contributed by atoms with Crippen LogP contribution in [0.15, 0.2) is 30.3 Å². The van der Waals surface area contributed by atoms with Crippen LogP contribution in [0.1, 0.15) is 12.5 Å². The second-order valence-electron chi connectivity index (χ2n) is 6.14. The van der Waals surface area contributed by atoms with E-state index in [1.807, 2.05) is 30.3 Å². The molecule has 0 saturated carbocycles. The Bertz CT molecular complexity index is 647. The monoisotopic (exact) mass is 340 g/mol. The average Bonchev–Trinajstić information content (AvgIpc) is 2.52. The number of hydrogen-bond donors (Lipinski definition) is 0. The molecule has 1 aromatic rings. The Morgan fingerprint density at radius 2 is 2.00 bits per heavy atom. The highest BCUT2D eigenvalue weighted by Gasteiger charge is 2.43. The highest BCUT2D eigenvalue weighted by Crippen LogP contribution is 2.22. The number of ether oxygens (including phenoxy) is 1. The number of hydrogen-bond acceptors (Lipinski definition) is 4. The standard InChI is InChI=1S/C16H24N2O4S/c1-16(13-18(11-12-22-16)23(3,20)21)15(19)17(2)10-9-14-7-5-4-6-8-14/h4-8H,9-13H2,1-3H3/t16-/m1/s1. The van der Waals surface area contributed by atoms with E-state index in [1.54, 1.807) is 18.9 Å². The molecule has 0 spiro atoms. The van der Waals surface area contributed by atoms with Gasteiger partial charge in [0, 0.05) is 20.1 Å². The number of benzene rings is 1. The van der Waals surface area contributed by atoms with Crippen LogP contribution < -0.4 is 0 Å². The molecular formula is C16H24N2O4S. The lowest BCUT2D eigenvalue weighted by Crippen LogP contribution is -2.59. The minimum Gasteiger partial charge on any atom is -0.363 e. The maximum Gasteiger partial charge on any atom is 0.255 e. The van der Waals surface area contributed by atoms with Crippen molar-refractivity contribution in [3.8, 4) is 0 Å². The molecule has 1 amide bonds. The van der Waals surface area contributed by atoms with E-state index < -0.39 is 15.6 Å². The first-order valence-corrected chi connectivity index (χ1v) is 9.46. The molecule has 1 fully saturated rings. The van der Waals surface area contributed by atoms with Crippen molar-refractivity contribution in [2.45, 2.75) is 18.9 Å². The van der Waals surface area contributed by atoms with Crippen molar-refractivity contribution in [3.63, 3.8) is 0 Å². The van der Waals surface area contributed by atoms with Gasteiger partial charge in [0.1, 0.15) is 0 Å². The summed E-state index contributed by atoms with van der Waals surface area (Å²) in [7, 11) is -1.61. The van der Waals surface area contributed by atoms with E-state index in [0.29, 0.717) is 6.54 Å². The number of rotatable bonds is 5. The van der Waals surface area contributed by atoms with E-state index in [-0.39, 0.29) is 25.6 Å². The maximum atomic E-state index is 12.7. The zero-order chi connectivity index (χ0) is 17.1. The molecule has 7 heteroatoms. The lowest BCUT2D eigenvalue weighted by Gasteiger charge is -2.40. The van der Waals surface area contributed by atoms with Crippen LogP contribution in [0.4, 0.5) is 0 Å². The Morgan fingerprint density at radius 1 is 1.35 bits per heavy atom. The number of morpholine rings is 1. The van der Waals surface area contributed by atoms with Crippen LogP contribution >= 0.6 is 0 Å². The molecule has 23 heavy (non-hydrogen) atoms. The van der Waals surface area contributed by atoms with Crippen LogP contribution in [0.2, 0.25) is 0 Å². The van der Waals surface area contributed by atoms with E-state index in [9.17, 15) is 13.2 Å². The number of carbonyl (C=O) groups is 1. The van der Waals surface area contributed by atoms with Gasteiger partial charge in [-0.1, -0.05) is 30.3 Å². The third kappa shape index (κ3) is 4.53. The largest absolute Gasteiger partial charge is 0.363 e. The van der Waals surface area contributed by atoms with Crippen LogP contribution in [0.25, 0.3) is 0 Å². The molecular weight excluding hydrogens is 316 g/mol. The van der Waals surface area contributed by atoms with E-state index in [1.165, 1.54) is 4.31 Å². The minimum atomic E-state index is -3.33. The highest BCUT2D eigenvalue weighted by molar-refractivity contribution is 7.88. The molecule has 1 aliphatic rings. The van der Waals surface area contributed by atoms with Crippen molar-refractivity contribution < 1.29 is 17.9 Å². The first-order valence-electron chi connectivity index (χ1n) is 7.61. The minimum absolute atomic E-state index is 0.0559. The summed E-state index contributed by atoms with van der Waals surface area (Å²) in [5.74, 6) is -0.193. The molecule has 6 nitrogen and oxygen atoms in total. The van der Waals surface area contributed by atoms with Crippen LogP contribution in [0, 0.1) is 0 Å². The van der Waals surface area contributed by atoms with Crippen LogP contribution in [0.3, 0.4) is 0 Å². The lowest BCUT2D eigenvalue weighted by atomic mass is 10.0. The molecule has 1 atom stereocenters. The Morgan fingerprint density at radius 3 is 2.61 bits per heavy atom. The summed E-state index contributed by atoms with van der Waals surface area (Å²) in [6, 6.07) is 9.92. The quantitative estimate of drug-likeness (QED) is 0.793. The summed E-state index contributed by atoms with van der Waals surface area (Å²) in [6.45, 7) is 2.78. The van der Waals surface area contributed by atoms with Crippen molar-refractivity contribution in [2.75, 3.05) is 39.5 Å². The van der Waals surface area contributed by atoms with Gasteiger partial charge in [-0.3, -0.25) is 4.79 Å². The summed E-state index contributed by atoms with van der Waals surface area (Å²) < 4.78 is 30.4. The van der Waals surface area contributed by atoms with E-state index in [0.717, 1.165) is 18.2 Å². The first-order chi connectivity index (χ1) is 10.7. The Hall–Kier alpha value is -1.44. The van der Waals surface area contributed by atoms with Gasteiger partial charge in [-0.2, -0.15) is 4.31 Å². The molecule has 1 aliphatic heterocycles. The van der Waals surface area contributed by atoms with Crippen molar-refractivity contribution >= 4 is 15.9 Å². The zero-order valence-electron chi connectivity index (χ0n) is 13.9. The number of carbonyl (C=O) groups excluding carboxylic acids is 1. The Kier molecular flexibility index (Phi) is 5.44. The van der Waals surface area contributed by atoms with Crippen molar-refractivity contribution in [3.05, 3.63) is 35.9 Å². The van der Waals surface area contributed by atoms with Gasteiger partial charge in [0.25, 0.3) is 5.91 Å². The van der Waals surface area contributed by atoms with Gasteiger partial charge in [0.05, 0.1) is 19.4 Å². The lowest BCUT2D eigenvalue weighted by molar-refractivity contribution is -0.161. The Balaban J connectivity index is 2.00.